The van der Waals surface area contributed by atoms with Gasteiger partial charge in [0, 0.05) is 29.9 Å². The van der Waals surface area contributed by atoms with Gasteiger partial charge < -0.3 is 10.2 Å². The van der Waals surface area contributed by atoms with E-state index < -0.39 is 0 Å². The molecule has 1 N–H and O–H groups in total. The first kappa shape index (κ1) is 15.6. The van der Waals surface area contributed by atoms with Gasteiger partial charge in [0.25, 0.3) is 0 Å². The van der Waals surface area contributed by atoms with Gasteiger partial charge in [-0.3, -0.25) is 0 Å². The SMILES string of the molecule is CC(C)Nc1cc(N2CCc3ccccc32)nc(-c2ccccc2)n1. The molecule has 3 aromatic rings. The summed E-state index contributed by atoms with van der Waals surface area (Å²) in [7, 11) is 0. The molecule has 4 nitrogen and oxygen atoms in total. The van der Waals surface area contributed by atoms with Gasteiger partial charge in [-0.15, -0.1) is 0 Å². The Hall–Kier alpha value is -2.88. The number of fused-ring (bicyclic) bond motifs is 1. The molecule has 0 unspecified atom stereocenters. The predicted octanol–water partition coefficient (Wildman–Crippen LogP) is 4.66. The van der Waals surface area contributed by atoms with E-state index in [4.69, 9.17) is 9.97 Å². The van der Waals surface area contributed by atoms with Crippen LogP contribution in [0.1, 0.15) is 19.4 Å². The minimum absolute atomic E-state index is 0.317. The topological polar surface area (TPSA) is 41.0 Å². The standard InChI is InChI=1S/C21H22N4/c1-15(2)22-19-14-20(24-21(23-19)17-9-4-3-5-10-17)25-13-12-16-8-6-7-11-18(16)25/h3-11,14-15H,12-13H2,1-2H3,(H,22,23,24). The Morgan fingerprint density at radius 1 is 0.960 bits per heavy atom. The Morgan fingerprint density at radius 2 is 1.72 bits per heavy atom. The van der Waals surface area contributed by atoms with Gasteiger partial charge in [-0.05, 0) is 31.9 Å². The average molecular weight is 330 g/mol. The number of anilines is 3. The smallest absolute Gasteiger partial charge is 0.163 e. The molecule has 1 aliphatic rings. The van der Waals surface area contributed by atoms with Crippen molar-refractivity contribution in [2.45, 2.75) is 26.3 Å². The lowest BCUT2D eigenvalue weighted by Gasteiger charge is -2.20. The molecule has 0 radical (unpaired) electrons. The lowest BCUT2D eigenvalue weighted by atomic mass is 10.2. The summed E-state index contributed by atoms with van der Waals surface area (Å²) in [6.45, 7) is 5.19. The number of hydrogen-bond acceptors (Lipinski definition) is 4. The molecule has 1 aromatic heterocycles. The van der Waals surface area contributed by atoms with Gasteiger partial charge in [0.2, 0.25) is 0 Å². The van der Waals surface area contributed by atoms with Crippen LogP contribution in [0.2, 0.25) is 0 Å². The Labute approximate surface area is 148 Å². The molecule has 0 spiro atoms. The van der Waals surface area contributed by atoms with Crippen molar-refractivity contribution in [3.8, 4) is 11.4 Å². The fourth-order valence-electron chi connectivity index (χ4n) is 3.23. The zero-order valence-electron chi connectivity index (χ0n) is 14.6. The molecule has 25 heavy (non-hydrogen) atoms. The Balaban J connectivity index is 1.80. The van der Waals surface area contributed by atoms with Crippen molar-refractivity contribution in [3.05, 3.63) is 66.2 Å². The number of hydrogen-bond donors (Lipinski definition) is 1. The highest BCUT2D eigenvalue weighted by Crippen LogP contribution is 2.35. The first-order valence-corrected chi connectivity index (χ1v) is 8.77. The van der Waals surface area contributed by atoms with Crippen LogP contribution in [-0.2, 0) is 6.42 Å². The molecule has 1 aliphatic heterocycles. The molecule has 2 heterocycles. The van der Waals surface area contributed by atoms with E-state index in [0.29, 0.717) is 6.04 Å². The van der Waals surface area contributed by atoms with Crippen LogP contribution in [-0.4, -0.2) is 22.6 Å². The molecular formula is C21H22N4. The van der Waals surface area contributed by atoms with E-state index in [-0.39, 0.29) is 0 Å². The maximum absolute atomic E-state index is 4.87. The minimum atomic E-state index is 0.317. The highest BCUT2D eigenvalue weighted by atomic mass is 15.2. The Kier molecular flexibility index (Phi) is 4.10. The second-order valence-corrected chi connectivity index (χ2v) is 6.63. The number of nitrogens with zero attached hydrogens (tertiary/aromatic N) is 3. The van der Waals surface area contributed by atoms with Crippen LogP contribution in [0.5, 0.6) is 0 Å². The predicted molar refractivity (Wildman–Crippen MR) is 103 cm³/mol. The van der Waals surface area contributed by atoms with Crippen molar-refractivity contribution >= 4 is 17.3 Å². The molecule has 0 saturated carbocycles. The van der Waals surface area contributed by atoms with Crippen LogP contribution in [0.25, 0.3) is 11.4 Å². The minimum Gasteiger partial charge on any atom is -0.368 e. The van der Waals surface area contributed by atoms with E-state index in [1.165, 1.54) is 11.3 Å². The molecule has 0 saturated heterocycles. The van der Waals surface area contributed by atoms with Crippen LogP contribution < -0.4 is 10.2 Å². The summed E-state index contributed by atoms with van der Waals surface area (Å²) in [6, 6.07) is 21.1. The lowest BCUT2D eigenvalue weighted by Crippen LogP contribution is -2.17. The lowest BCUT2D eigenvalue weighted by molar-refractivity contribution is 0.884. The fraction of sp³-hybridized carbons (Fsp3) is 0.238. The van der Waals surface area contributed by atoms with Gasteiger partial charge in [0.15, 0.2) is 5.82 Å². The summed E-state index contributed by atoms with van der Waals surface area (Å²) in [5.74, 6) is 2.57. The highest BCUT2D eigenvalue weighted by molar-refractivity contribution is 5.71. The maximum Gasteiger partial charge on any atom is 0.163 e. The van der Waals surface area contributed by atoms with Crippen LogP contribution in [0.15, 0.2) is 60.7 Å². The Bertz CT molecular complexity index is 874. The van der Waals surface area contributed by atoms with Crippen molar-refractivity contribution < 1.29 is 0 Å². The number of para-hydroxylation sites is 1. The van der Waals surface area contributed by atoms with Crippen LogP contribution in [0, 0.1) is 0 Å². The molecule has 0 atom stereocenters. The van der Waals surface area contributed by atoms with Crippen molar-refractivity contribution in [2.75, 3.05) is 16.8 Å². The van der Waals surface area contributed by atoms with E-state index in [1.54, 1.807) is 0 Å². The molecule has 4 rings (SSSR count). The summed E-state index contributed by atoms with van der Waals surface area (Å²) in [6.07, 6.45) is 1.05. The summed E-state index contributed by atoms with van der Waals surface area (Å²) in [4.78, 5) is 11.9. The highest BCUT2D eigenvalue weighted by Gasteiger charge is 2.22. The molecule has 0 aliphatic carbocycles. The second-order valence-electron chi connectivity index (χ2n) is 6.63. The maximum atomic E-state index is 4.87. The molecule has 126 valence electrons. The summed E-state index contributed by atoms with van der Waals surface area (Å²) in [5.41, 5.74) is 3.65. The molecule has 0 fully saturated rings. The second kappa shape index (κ2) is 6.55. The van der Waals surface area contributed by atoms with E-state index >= 15 is 0 Å². The zero-order chi connectivity index (χ0) is 17.2. The molecule has 2 aromatic carbocycles. The van der Waals surface area contributed by atoms with Crippen molar-refractivity contribution in [1.82, 2.24) is 9.97 Å². The van der Waals surface area contributed by atoms with Crippen molar-refractivity contribution in [2.24, 2.45) is 0 Å². The largest absolute Gasteiger partial charge is 0.368 e. The van der Waals surface area contributed by atoms with Gasteiger partial charge in [-0.25, -0.2) is 9.97 Å². The van der Waals surface area contributed by atoms with Crippen LogP contribution in [0.4, 0.5) is 17.3 Å². The van der Waals surface area contributed by atoms with Gasteiger partial charge in [0.1, 0.15) is 11.6 Å². The third-order valence-electron chi connectivity index (χ3n) is 4.34. The number of nitrogens with one attached hydrogen (secondary N) is 1. The van der Waals surface area contributed by atoms with E-state index in [1.807, 2.05) is 18.2 Å². The number of rotatable bonds is 4. The first-order chi connectivity index (χ1) is 12.2. The number of benzene rings is 2. The molecule has 4 heteroatoms. The van der Waals surface area contributed by atoms with E-state index in [0.717, 1.165) is 36.0 Å². The Morgan fingerprint density at radius 3 is 2.52 bits per heavy atom. The van der Waals surface area contributed by atoms with Gasteiger partial charge >= 0.3 is 0 Å². The normalized spacial score (nSPS) is 13.2. The fourth-order valence-corrected chi connectivity index (χ4v) is 3.23. The van der Waals surface area contributed by atoms with Gasteiger partial charge in [-0.2, -0.15) is 0 Å². The molecular weight excluding hydrogens is 308 g/mol. The average Bonchev–Trinajstić information content (AvgIpc) is 3.06. The van der Waals surface area contributed by atoms with Crippen LogP contribution in [0.3, 0.4) is 0 Å². The summed E-state index contributed by atoms with van der Waals surface area (Å²) >= 11 is 0. The molecule has 0 amide bonds. The van der Waals surface area contributed by atoms with E-state index in [2.05, 4.69) is 66.5 Å². The van der Waals surface area contributed by atoms with Crippen LogP contribution >= 0.6 is 0 Å². The van der Waals surface area contributed by atoms with Crippen molar-refractivity contribution in [1.29, 1.82) is 0 Å². The van der Waals surface area contributed by atoms with E-state index in [9.17, 15) is 0 Å². The molecule has 0 bridgehead atoms. The third kappa shape index (κ3) is 3.20. The third-order valence-corrected chi connectivity index (χ3v) is 4.34. The summed E-state index contributed by atoms with van der Waals surface area (Å²) < 4.78 is 0. The van der Waals surface area contributed by atoms with Crippen molar-refractivity contribution in [3.63, 3.8) is 0 Å². The van der Waals surface area contributed by atoms with Gasteiger partial charge in [0.05, 0.1) is 0 Å². The number of aromatic nitrogens is 2. The zero-order valence-corrected chi connectivity index (χ0v) is 14.6. The quantitative estimate of drug-likeness (QED) is 0.755. The summed E-state index contributed by atoms with van der Waals surface area (Å²) in [5, 5.41) is 3.42. The van der Waals surface area contributed by atoms with Gasteiger partial charge in [-0.1, -0.05) is 48.5 Å². The first-order valence-electron chi connectivity index (χ1n) is 8.77. The monoisotopic (exact) mass is 330 g/mol.